The number of amides is 1. The molecule has 1 aliphatic heterocycles. The van der Waals surface area contributed by atoms with Crippen LogP contribution in [0.25, 0.3) is 0 Å². The molecular formula is C12H19N5O. The predicted octanol–water partition coefficient (Wildman–Crippen LogP) is 0.554. The Labute approximate surface area is 106 Å². The molecule has 6 nitrogen and oxygen atoms in total. The highest BCUT2D eigenvalue weighted by atomic mass is 16.2. The average Bonchev–Trinajstić information content (AvgIpc) is 3.07. The minimum Gasteiger partial charge on any atom is -0.344 e. The Morgan fingerprint density at radius 1 is 1.39 bits per heavy atom. The van der Waals surface area contributed by atoms with Crippen LogP contribution >= 0.6 is 0 Å². The zero-order valence-electron chi connectivity index (χ0n) is 10.6. The fourth-order valence-electron chi connectivity index (χ4n) is 2.35. The summed E-state index contributed by atoms with van der Waals surface area (Å²) in [5.41, 5.74) is -0.136. The van der Waals surface area contributed by atoms with Crippen molar-refractivity contribution in [2.24, 2.45) is 0 Å². The van der Waals surface area contributed by atoms with Gasteiger partial charge in [0.05, 0.1) is 0 Å². The van der Waals surface area contributed by atoms with E-state index < -0.39 is 0 Å². The fourth-order valence-corrected chi connectivity index (χ4v) is 2.35. The fraction of sp³-hybridized carbons (Fsp3) is 0.750. The zero-order chi connectivity index (χ0) is 12.6. The van der Waals surface area contributed by atoms with E-state index in [0.717, 1.165) is 44.6 Å². The summed E-state index contributed by atoms with van der Waals surface area (Å²) in [7, 11) is 0. The summed E-state index contributed by atoms with van der Waals surface area (Å²) in [6, 6.07) is 0. The van der Waals surface area contributed by atoms with Crippen LogP contribution in [0.3, 0.4) is 0 Å². The summed E-state index contributed by atoms with van der Waals surface area (Å²) in [5, 5.41) is 13.2. The van der Waals surface area contributed by atoms with Crippen LogP contribution in [0, 0.1) is 0 Å². The van der Waals surface area contributed by atoms with Crippen LogP contribution in [-0.2, 0) is 0 Å². The second-order valence-electron chi connectivity index (χ2n) is 5.58. The van der Waals surface area contributed by atoms with Gasteiger partial charge in [-0.1, -0.05) is 0 Å². The molecule has 3 rings (SSSR count). The van der Waals surface area contributed by atoms with Gasteiger partial charge >= 0.3 is 0 Å². The molecule has 0 unspecified atom stereocenters. The monoisotopic (exact) mass is 249 g/mol. The first-order valence-corrected chi connectivity index (χ1v) is 6.62. The molecule has 1 aromatic heterocycles. The number of hydrogen-bond donors (Lipinski definition) is 3. The van der Waals surface area contributed by atoms with Gasteiger partial charge in [0.2, 0.25) is 5.82 Å². The molecule has 1 saturated carbocycles. The Morgan fingerprint density at radius 3 is 2.78 bits per heavy atom. The molecule has 1 aromatic rings. The molecule has 0 bridgehead atoms. The van der Waals surface area contributed by atoms with Gasteiger partial charge in [-0.2, -0.15) is 0 Å². The van der Waals surface area contributed by atoms with Crippen LogP contribution in [0.4, 0.5) is 0 Å². The number of aromatic amines is 1. The maximum Gasteiger partial charge on any atom is 0.291 e. The highest BCUT2D eigenvalue weighted by Crippen LogP contribution is 2.37. The van der Waals surface area contributed by atoms with E-state index >= 15 is 0 Å². The molecule has 0 radical (unpaired) electrons. The maximum absolute atomic E-state index is 12.1. The summed E-state index contributed by atoms with van der Waals surface area (Å²) in [5.74, 6) is 1.46. The van der Waals surface area contributed by atoms with Crippen LogP contribution in [0.15, 0.2) is 0 Å². The smallest absolute Gasteiger partial charge is 0.291 e. The minimum atomic E-state index is -0.164. The summed E-state index contributed by atoms with van der Waals surface area (Å²) >= 11 is 0. The molecule has 2 heterocycles. The van der Waals surface area contributed by atoms with Gasteiger partial charge in [-0.15, -0.1) is 5.10 Å². The van der Waals surface area contributed by atoms with E-state index in [1.807, 2.05) is 0 Å². The number of H-pyrrole nitrogens is 1. The van der Waals surface area contributed by atoms with Crippen molar-refractivity contribution in [1.29, 1.82) is 0 Å². The van der Waals surface area contributed by atoms with Crippen LogP contribution in [0.2, 0.25) is 0 Å². The summed E-state index contributed by atoms with van der Waals surface area (Å²) in [4.78, 5) is 16.4. The van der Waals surface area contributed by atoms with Crippen LogP contribution in [0.5, 0.6) is 0 Å². The van der Waals surface area contributed by atoms with Gasteiger partial charge in [0.25, 0.3) is 5.91 Å². The first-order chi connectivity index (χ1) is 8.66. The standard InChI is InChI=1S/C12H19N5O/c1-12(4-6-13-7-5-12)15-11(18)10-14-9(16-17-10)8-2-3-8/h8,13H,2-7H2,1H3,(H,15,18)(H,14,16,17). The topological polar surface area (TPSA) is 82.7 Å². The van der Waals surface area contributed by atoms with Crippen molar-refractivity contribution in [2.45, 2.75) is 44.1 Å². The SMILES string of the molecule is CC1(NC(=O)c2n[nH]c(C3CC3)n2)CCNCC1. The third-order valence-electron chi connectivity index (χ3n) is 3.79. The summed E-state index contributed by atoms with van der Waals surface area (Å²) in [6.45, 7) is 3.97. The van der Waals surface area contributed by atoms with Crippen LogP contribution < -0.4 is 10.6 Å². The third kappa shape index (κ3) is 2.38. The van der Waals surface area contributed by atoms with E-state index in [4.69, 9.17) is 0 Å². The van der Waals surface area contributed by atoms with E-state index in [1.54, 1.807) is 0 Å². The van der Waals surface area contributed by atoms with Gasteiger partial charge < -0.3 is 10.6 Å². The minimum absolute atomic E-state index is 0.136. The number of carbonyl (C=O) groups excluding carboxylic acids is 1. The molecule has 98 valence electrons. The van der Waals surface area contributed by atoms with Gasteiger partial charge in [-0.3, -0.25) is 9.89 Å². The molecule has 1 aliphatic carbocycles. The Hall–Kier alpha value is -1.43. The zero-order valence-corrected chi connectivity index (χ0v) is 10.6. The number of carbonyl (C=O) groups is 1. The number of nitrogens with zero attached hydrogens (tertiary/aromatic N) is 2. The van der Waals surface area contributed by atoms with E-state index in [-0.39, 0.29) is 17.3 Å². The Kier molecular flexibility index (Phi) is 2.81. The van der Waals surface area contributed by atoms with Crippen molar-refractivity contribution in [3.05, 3.63) is 11.6 Å². The van der Waals surface area contributed by atoms with Gasteiger partial charge in [0.1, 0.15) is 5.82 Å². The largest absolute Gasteiger partial charge is 0.344 e. The molecule has 0 atom stereocenters. The highest BCUT2D eigenvalue weighted by Gasteiger charge is 2.31. The van der Waals surface area contributed by atoms with Crippen LogP contribution in [-0.4, -0.2) is 39.7 Å². The number of hydrogen-bond acceptors (Lipinski definition) is 4. The summed E-state index contributed by atoms with van der Waals surface area (Å²) < 4.78 is 0. The normalized spacial score (nSPS) is 22.7. The molecule has 1 amide bonds. The Balaban J connectivity index is 1.65. The number of rotatable bonds is 3. The van der Waals surface area contributed by atoms with Gasteiger partial charge in [0.15, 0.2) is 0 Å². The number of nitrogens with one attached hydrogen (secondary N) is 3. The first kappa shape index (κ1) is 11.6. The van der Waals surface area contributed by atoms with Crippen LogP contribution in [0.1, 0.15) is 55.0 Å². The lowest BCUT2D eigenvalue weighted by Gasteiger charge is -2.34. The highest BCUT2D eigenvalue weighted by molar-refractivity contribution is 5.90. The lowest BCUT2D eigenvalue weighted by atomic mass is 9.90. The van der Waals surface area contributed by atoms with E-state index in [2.05, 4.69) is 32.7 Å². The van der Waals surface area contributed by atoms with Crippen molar-refractivity contribution >= 4 is 5.91 Å². The van der Waals surface area contributed by atoms with Gasteiger partial charge in [-0.05, 0) is 45.7 Å². The number of aromatic nitrogens is 3. The molecule has 0 spiro atoms. The lowest BCUT2D eigenvalue weighted by Crippen LogP contribution is -2.52. The molecule has 2 fully saturated rings. The second kappa shape index (κ2) is 4.35. The van der Waals surface area contributed by atoms with E-state index in [1.165, 1.54) is 0 Å². The molecule has 18 heavy (non-hydrogen) atoms. The molecule has 1 saturated heterocycles. The van der Waals surface area contributed by atoms with Crippen molar-refractivity contribution in [3.8, 4) is 0 Å². The second-order valence-corrected chi connectivity index (χ2v) is 5.58. The molecule has 2 aliphatic rings. The third-order valence-corrected chi connectivity index (χ3v) is 3.79. The Morgan fingerprint density at radius 2 is 2.11 bits per heavy atom. The Bertz CT molecular complexity index is 445. The predicted molar refractivity (Wildman–Crippen MR) is 66.3 cm³/mol. The van der Waals surface area contributed by atoms with Crippen molar-refractivity contribution in [2.75, 3.05) is 13.1 Å². The van der Waals surface area contributed by atoms with E-state index in [0.29, 0.717) is 5.92 Å². The van der Waals surface area contributed by atoms with Crippen molar-refractivity contribution < 1.29 is 4.79 Å². The van der Waals surface area contributed by atoms with Gasteiger partial charge in [-0.25, -0.2) is 4.98 Å². The maximum atomic E-state index is 12.1. The molecule has 0 aromatic carbocycles. The van der Waals surface area contributed by atoms with Crippen molar-refractivity contribution in [1.82, 2.24) is 25.8 Å². The van der Waals surface area contributed by atoms with Crippen molar-refractivity contribution in [3.63, 3.8) is 0 Å². The number of piperidine rings is 1. The summed E-state index contributed by atoms with van der Waals surface area (Å²) in [6.07, 6.45) is 4.19. The average molecular weight is 249 g/mol. The molecular weight excluding hydrogens is 230 g/mol. The first-order valence-electron chi connectivity index (χ1n) is 6.62. The van der Waals surface area contributed by atoms with E-state index in [9.17, 15) is 4.79 Å². The quantitative estimate of drug-likeness (QED) is 0.730. The lowest BCUT2D eigenvalue weighted by molar-refractivity contribution is 0.0877. The molecule has 6 heteroatoms. The molecule has 3 N–H and O–H groups in total. The van der Waals surface area contributed by atoms with Gasteiger partial charge in [0, 0.05) is 11.5 Å².